The molecule has 0 unspecified atom stereocenters. The highest BCUT2D eigenvalue weighted by Crippen LogP contribution is 2.30. The maximum Gasteiger partial charge on any atom is 0.0414 e. The minimum Gasteiger partial charge on any atom is -0.377 e. The molecule has 1 aromatic carbocycles. The van der Waals surface area contributed by atoms with E-state index in [4.69, 9.17) is 5.73 Å². The van der Waals surface area contributed by atoms with Crippen LogP contribution < -0.4 is 10.6 Å². The number of aryl methyl sites for hydroxylation is 1. The minimum absolute atomic E-state index is 0.287. The average molecular weight is 192 g/mol. The second kappa shape index (κ2) is 3.62. The Hall–Kier alpha value is -1.02. The molecule has 0 fully saturated rings. The molecule has 2 nitrogen and oxygen atoms in total. The monoisotopic (exact) mass is 192 g/mol. The van der Waals surface area contributed by atoms with E-state index < -0.39 is 0 Å². The number of nitrogens with two attached hydrogens (primary N) is 1. The van der Waals surface area contributed by atoms with Crippen molar-refractivity contribution >= 4 is 5.69 Å². The highest BCUT2D eigenvalue weighted by molar-refractivity contribution is 5.58. The van der Waals surface area contributed by atoms with Crippen LogP contribution in [-0.4, -0.2) is 14.1 Å². The predicted molar refractivity (Wildman–Crippen MR) is 62.7 cm³/mol. The van der Waals surface area contributed by atoms with Crippen LogP contribution in [0, 0.1) is 6.92 Å². The van der Waals surface area contributed by atoms with Gasteiger partial charge >= 0.3 is 0 Å². The standard InChI is InChI=1S/C12H20N2/c1-9-7-6-8-10(14(4)5)11(9)12(2,3)13/h6-8H,13H2,1-5H3. The van der Waals surface area contributed by atoms with Crippen molar-refractivity contribution < 1.29 is 0 Å². The molecule has 0 aromatic heterocycles. The Kier molecular flexibility index (Phi) is 2.86. The normalized spacial score (nSPS) is 11.6. The fraction of sp³-hybridized carbons (Fsp3) is 0.500. The van der Waals surface area contributed by atoms with Gasteiger partial charge in [-0.05, 0) is 38.0 Å². The van der Waals surface area contributed by atoms with Gasteiger partial charge in [0, 0.05) is 25.3 Å². The van der Waals surface area contributed by atoms with E-state index in [1.807, 2.05) is 27.9 Å². The van der Waals surface area contributed by atoms with Gasteiger partial charge in [-0.1, -0.05) is 12.1 Å². The molecular formula is C12H20N2. The highest BCUT2D eigenvalue weighted by Gasteiger charge is 2.21. The Morgan fingerprint density at radius 1 is 1.21 bits per heavy atom. The van der Waals surface area contributed by atoms with Gasteiger partial charge in [0.05, 0.1) is 0 Å². The van der Waals surface area contributed by atoms with Gasteiger partial charge in [-0.25, -0.2) is 0 Å². The first-order valence-corrected chi connectivity index (χ1v) is 4.90. The van der Waals surface area contributed by atoms with Crippen LogP contribution in [0.2, 0.25) is 0 Å². The first kappa shape index (κ1) is 11.1. The van der Waals surface area contributed by atoms with Gasteiger partial charge in [0.2, 0.25) is 0 Å². The predicted octanol–water partition coefficient (Wildman–Crippen LogP) is 2.25. The fourth-order valence-corrected chi connectivity index (χ4v) is 1.86. The van der Waals surface area contributed by atoms with Gasteiger partial charge in [-0.3, -0.25) is 0 Å². The van der Waals surface area contributed by atoms with Gasteiger partial charge < -0.3 is 10.6 Å². The number of hydrogen-bond acceptors (Lipinski definition) is 2. The molecule has 2 heteroatoms. The Balaban J connectivity index is 3.38. The zero-order valence-corrected chi connectivity index (χ0v) is 9.76. The summed E-state index contributed by atoms with van der Waals surface area (Å²) in [4.78, 5) is 2.11. The van der Waals surface area contributed by atoms with Crippen LogP contribution in [0.3, 0.4) is 0 Å². The molecule has 0 aliphatic heterocycles. The number of benzene rings is 1. The summed E-state index contributed by atoms with van der Waals surface area (Å²) >= 11 is 0. The van der Waals surface area contributed by atoms with Crippen LogP contribution in [0.15, 0.2) is 18.2 Å². The summed E-state index contributed by atoms with van der Waals surface area (Å²) in [7, 11) is 4.09. The smallest absolute Gasteiger partial charge is 0.0414 e. The van der Waals surface area contributed by atoms with Crippen molar-refractivity contribution in [3.63, 3.8) is 0 Å². The molecule has 1 aromatic rings. The van der Waals surface area contributed by atoms with E-state index in [1.54, 1.807) is 0 Å². The molecular weight excluding hydrogens is 172 g/mol. The molecule has 78 valence electrons. The van der Waals surface area contributed by atoms with Crippen molar-refractivity contribution in [3.8, 4) is 0 Å². The van der Waals surface area contributed by atoms with Crippen LogP contribution >= 0.6 is 0 Å². The average Bonchev–Trinajstić information content (AvgIpc) is 2.01. The highest BCUT2D eigenvalue weighted by atomic mass is 15.1. The lowest BCUT2D eigenvalue weighted by atomic mass is 9.89. The molecule has 0 atom stereocenters. The maximum atomic E-state index is 6.17. The second-order valence-electron chi connectivity index (χ2n) is 4.59. The topological polar surface area (TPSA) is 29.3 Å². The summed E-state index contributed by atoms with van der Waals surface area (Å²) < 4.78 is 0. The summed E-state index contributed by atoms with van der Waals surface area (Å²) in [6, 6.07) is 6.29. The molecule has 0 bridgehead atoms. The number of rotatable bonds is 2. The van der Waals surface area contributed by atoms with Gasteiger partial charge in [0.25, 0.3) is 0 Å². The molecule has 0 amide bonds. The third-order valence-electron chi connectivity index (χ3n) is 2.38. The Labute approximate surface area is 86.7 Å². The summed E-state index contributed by atoms with van der Waals surface area (Å²) in [6.07, 6.45) is 0. The van der Waals surface area contributed by atoms with Gasteiger partial charge in [0.1, 0.15) is 0 Å². The van der Waals surface area contributed by atoms with E-state index in [0.717, 1.165) is 0 Å². The van der Waals surface area contributed by atoms with E-state index in [0.29, 0.717) is 0 Å². The Morgan fingerprint density at radius 3 is 2.14 bits per heavy atom. The third-order valence-corrected chi connectivity index (χ3v) is 2.38. The molecule has 2 N–H and O–H groups in total. The third kappa shape index (κ3) is 2.07. The number of hydrogen-bond donors (Lipinski definition) is 1. The van der Waals surface area contributed by atoms with Crippen LogP contribution in [0.1, 0.15) is 25.0 Å². The largest absolute Gasteiger partial charge is 0.377 e. The van der Waals surface area contributed by atoms with Crippen LogP contribution in [0.4, 0.5) is 5.69 Å². The lowest BCUT2D eigenvalue weighted by Crippen LogP contribution is -2.32. The molecule has 0 saturated carbocycles. The van der Waals surface area contributed by atoms with Crippen LogP contribution in [0.25, 0.3) is 0 Å². The maximum absolute atomic E-state index is 6.17. The van der Waals surface area contributed by atoms with E-state index in [2.05, 4.69) is 30.0 Å². The lowest BCUT2D eigenvalue weighted by molar-refractivity contribution is 0.551. The molecule has 0 radical (unpaired) electrons. The van der Waals surface area contributed by atoms with Crippen molar-refractivity contribution in [3.05, 3.63) is 29.3 Å². The second-order valence-corrected chi connectivity index (χ2v) is 4.59. The van der Waals surface area contributed by atoms with Crippen molar-refractivity contribution in [1.82, 2.24) is 0 Å². The molecule has 0 heterocycles. The van der Waals surface area contributed by atoms with Crippen molar-refractivity contribution in [2.75, 3.05) is 19.0 Å². The van der Waals surface area contributed by atoms with E-state index in [1.165, 1.54) is 16.8 Å². The quantitative estimate of drug-likeness (QED) is 0.778. The van der Waals surface area contributed by atoms with Gasteiger partial charge in [0.15, 0.2) is 0 Å². The van der Waals surface area contributed by atoms with E-state index >= 15 is 0 Å². The van der Waals surface area contributed by atoms with Gasteiger partial charge in [-0.15, -0.1) is 0 Å². The minimum atomic E-state index is -0.287. The molecule has 1 rings (SSSR count). The summed E-state index contributed by atoms with van der Waals surface area (Å²) in [5, 5.41) is 0. The summed E-state index contributed by atoms with van der Waals surface area (Å²) in [5.74, 6) is 0. The first-order chi connectivity index (χ1) is 6.34. The van der Waals surface area contributed by atoms with Crippen molar-refractivity contribution in [2.24, 2.45) is 5.73 Å². The number of nitrogens with zero attached hydrogens (tertiary/aromatic N) is 1. The van der Waals surface area contributed by atoms with Crippen LogP contribution in [0.5, 0.6) is 0 Å². The van der Waals surface area contributed by atoms with Gasteiger partial charge in [-0.2, -0.15) is 0 Å². The molecule has 0 saturated heterocycles. The summed E-state index contributed by atoms with van der Waals surface area (Å²) in [6.45, 7) is 6.20. The molecule has 14 heavy (non-hydrogen) atoms. The zero-order valence-electron chi connectivity index (χ0n) is 9.76. The van der Waals surface area contributed by atoms with Crippen molar-refractivity contribution in [2.45, 2.75) is 26.3 Å². The van der Waals surface area contributed by atoms with Crippen LogP contribution in [-0.2, 0) is 5.54 Å². The van der Waals surface area contributed by atoms with Crippen molar-refractivity contribution in [1.29, 1.82) is 0 Å². The zero-order chi connectivity index (χ0) is 10.9. The molecule has 0 spiro atoms. The first-order valence-electron chi connectivity index (χ1n) is 4.90. The number of anilines is 1. The van der Waals surface area contributed by atoms with E-state index in [-0.39, 0.29) is 5.54 Å². The Morgan fingerprint density at radius 2 is 1.79 bits per heavy atom. The molecule has 0 aliphatic carbocycles. The Bertz CT molecular complexity index is 322. The summed E-state index contributed by atoms with van der Waals surface area (Å²) in [5.41, 5.74) is 9.57. The lowest BCUT2D eigenvalue weighted by Gasteiger charge is -2.28. The van der Waals surface area contributed by atoms with E-state index in [9.17, 15) is 0 Å². The SMILES string of the molecule is Cc1cccc(N(C)C)c1C(C)(C)N. The molecule has 0 aliphatic rings. The fourth-order valence-electron chi connectivity index (χ4n) is 1.86.